The molecule has 0 fully saturated rings. The number of carbonyl (C=O) groups excluding carboxylic acids is 2. The van der Waals surface area contributed by atoms with Crippen LogP contribution in [0.4, 0.5) is 5.69 Å². The number of hydrogen-bond donors (Lipinski definition) is 3. The maximum atomic E-state index is 12.0. The van der Waals surface area contributed by atoms with Gasteiger partial charge in [-0.3, -0.25) is 9.59 Å². The maximum Gasteiger partial charge on any atom is 0.243 e. The van der Waals surface area contributed by atoms with Crippen LogP contribution in [0.15, 0.2) is 42.5 Å². The summed E-state index contributed by atoms with van der Waals surface area (Å²) in [5.41, 5.74) is 6.40. The van der Waals surface area contributed by atoms with Crippen LogP contribution in [-0.4, -0.2) is 24.4 Å². The van der Waals surface area contributed by atoms with Crippen molar-refractivity contribution in [1.29, 1.82) is 0 Å². The lowest BCUT2D eigenvalue weighted by molar-refractivity contribution is -0.127. The summed E-state index contributed by atoms with van der Waals surface area (Å²) in [7, 11) is 0. The number of fused-ring (bicyclic) bond motifs is 1. The van der Waals surface area contributed by atoms with E-state index in [0.717, 1.165) is 16.5 Å². The Morgan fingerprint density at radius 3 is 2.50 bits per heavy atom. The molecule has 2 atom stereocenters. The number of rotatable bonds is 5. The Morgan fingerprint density at radius 1 is 1.09 bits per heavy atom. The molecule has 2 rings (SSSR count). The Bertz CT molecular complexity index is 677. The van der Waals surface area contributed by atoms with Crippen LogP contribution in [0.5, 0.6) is 0 Å². The molecule has 0 saturated carbocycles. The molecule has 2 unspecified atom stereocenters. The lowest BCUT2D eigenvalue weighted by Crippen LogP contribution is -2.41. The lowest BCUT2D eigenvalue weighted by atomic mass is 10.0. The van der Waals surface area contributed by atoms with Crippen molar-refractivity contribution in [1.82, 2.24) is 5.32 Å². The van der Waals surface area contributed by atoms with E-state index in [-0.39, 0.29) is 30.3 Å². The molecule has 0 aromatic heterocycles. The highest BCUT2D eigenvalue weighted by atomic mass is 16.2. The standard InChI is InChI=1S/C17H21N3O2/c1-11(12(2)18)17(22)19-10-16(21)20-15-9-5-7-13-6-3-4-8-14(13)15/h3-9,11-12H,10,18H2,1-2H3,(H,19,22)(H,20,21). The number of anilines is 1. The molecule has 0 aliphatic carbocycles. The van der Waals surface area contributed by atoms with Crippen molar-refractivity contribution >= 4 is 28.3 Å². The number of hydrogen-bond acceptors (Lipinski definition) is 3. The van der Waals surface area contributed by atoms with E-state index in [1.807, 2.05) is 42.5 Å². The molecule has 22 heavy (non-hydrogen) atoms. The maximum absolute atomic E-state index is 12.0. The fourth-order valence-electron chi connectivity index (χ4n) is 2.10. The quantitative estimate of drug-likeness (QED) is 0.788. The highest BCUT2D eigenvalue weighted by molar-refractivity contribution is 6.03. The second-order valence-electron chi connectivity index (χ2n) is 5.44. The summed E-state index contributed by atoms with van der Waals surface area (Å²) < 4.78 is 0. The minimum Gasteiger partial charge on any atom is -0.347 e. The van der Waals surface area contributed by atoms with E-state index >= 15 is 0 Å². The minimum absolute atomic E-state index is 0.0703. The Hall–Kier alpha value is -2.40. The smallest absolute Gasteiger partial charge is 0.243 e. The van der Waals surface area contributed by atoms with Gasteiger partial charge in [0.25, 0.3) is 0 Å². The molecule has 116 valence electrons. The second kappa shape index (κ2) is 7.04. The van der Waals surface area contributed by atoms with Crippen molar-refractivity contribution in [2.45, 2.75) is 19.9 Å². The summed E-state index contributed by atoms with van der Waals surface area (Å²) in [4.78, 5) is 23.8. The molecule has 0 bridgehead atoms. The number of nitrogens with two attached hydrogens (primary N) is 1. The second-order valence-corrected chi connectivity index (χ2v) is 5.44. The van der Waals surface area contributed by atoms with E-state index in [1.54, 1.807) is 13.8 Å². The third-order valence-electron chi connectivity index (χ3n) is 3.69. The van der Waals surface area contributed by atoms with Gasteiger partial charge in [-0.05, 0) is 18.4 Å². The van der Waals surface area contributed by atoms with Crippen molar-refractivity contribution in [3.63, 3.8) is 0 Å². The van der Waals surface area contributed by atoms with Crippen molar-refractivity contribution in [3.8, 4) is 0 Å². The summed E-state index contributed by atoms with van der Waals surface area (Å²) >= 11 is 0. The molecule has 2 amide bonds. The highest BCUT2D eigenvalue weighted by Gasteiger charge is 2.17. The first-order valence-corrected chi connectivity index (χ1v) is 7.30. The first-order valence-electron chi connectivity index (χ1n) is 7.30. The molecule has 0 saturated heterocycles. The number of benzene rings is 2. The van der Waals surface area contributed by atoms with Gasteiger partial charge >= 0.3 is 0 Å². The summed E-state index contributed by atoms with van der Waals surface area (Å²) in [6.45, 7) is 3.43. The van der Waals surface area contributed by atoms with Crippen LogP contribution >= 0.6 is 0 Å². The Kier molecular flexibility index (Phi) is 5.12. The molecular weight excluding hydrogens is 278 g/mol. The van der Waals surface area contributed by atoms with Gasteiger partial charge in [-0.2, -0.15) is 0 Å². The third-order valence-corrected chi connectivity index (χ3v) is 3.69. The van der Waals surface area contributed by atoms with Gasteiger partial charge in [0.15, 0.2) is 0 Å². The number of nitrogens with one attached hydrogen (secondary N) is 2. The van der Waals surface area contributed by atoms with Gasteiger partial charge < -0.3 is 16.4 Å². The van der Waals surface area contributed by atoms with Crippen molar-refractivity contribution in [2.75, 3.05) is 11.9 Å². The van der Waals surface area contributed by atoms with Gasteiger partial charge in [0, 0.05) is 23.0 Å². The molecule has 0 aliphatic heterocycles. The number of carbonyl (C=O) groups is 2. The van der Waals surface area contributed by atoms with Crippen LogP contribution in [0.1, 0.15) is 13.8 Å². The Labute approximate surface area is 129 Å². The summed E-state index contributed by atoms with van der Waals surface area (Å²) in [5.74, 6) is -0.810. The highest BCUT2D eigenvalue weighted by Crippen LogP contribution is 2.22. The topological polar surface area (TPSA) is 84.2 Å². The normalized spacial score (nSPS) is 13.4. The summed E-state index contributed by atoms with van der Waals surface area (Å²) in [5, 5.41) is 7.44. The first kappa shape index (κ1) is 16.0. The van der Waals surface area contributed by atoms with Crippen LogP contribution in [-0.2, 0) is 9.59 Å². The Balaban J connectivity index is 1.98. The van der Waals surface area contributed by atoms with E-state index in [9.17, 15) is 9.59 Å². The zero-order valence-electron chi connectivity index (χ0n) is 12.8. The molecule has 0 aliphatic rings. The summed E-state index contributed by atoms with van der Waals surface area (Å²) in [6.07, 6.45) is 0. The molecule has 5 heteroatoms. The average molecular weight is 299 g/mol. The van der Waals surface area contributed by atoms with E-state index in [2.05, 4.69) is 10.6 Å². The zero-order chi connectivity index (χ0) is 16.1. The van der Waals surface area contributed by atoms with Crippen LogP contribution < -0.4 is 16.4 Å². The van der Waals surface area contributed by atoms with E-state index < -0.39 is 0 Å². The van der Waals surface area contributed by atoms with Gasteiger partial charge in [-0.25, -0.2) is 0 Å². The molecule has 5 nitrogen and oxygen atoms in total. The predicted octanol–water partition coefficient (Wildman–Crippen LogP) is 1.88. The third kappa shape index (κ3) is 3.83. The van der Waals surface area contributed by atoms with Gasteiger partial charge in [-0.15, -0.1) is 0 Å². The molecule has 2 aromatic rings. The van der Waals surface area contributed by atoms with Crippen LogP contribution in [0, 0.1) is 5.92 Å². The minimum atomic E-state index is -0.328. The van der Waals surface area contributed by atoms with Gasteiger partial charge in [0.05, 0.1) is 6.54 Å². The average Bonchev–Trinajstić information content (AvgIpc) is 2.52. The van der Waals surface area contributed by atoms with E-state index in [0.29, 0.717) is 0 Å². The molecule has 0 spiro atoms. The Morgan fingerprint density at radius 2 is 1.77 bits per heavy atom. The van der Waals surface area contributed by atoms with Gasteiger partial charge in [-0.1, -0.05) is 43.3 Å². The largest absolute Gasteiger partial charge is 0.347 e. The van der Waals surface area contributed by atoms with E-state index in [4.69, 9.17) is 5.73 Å². The lowest BCUT2D eigenvalue weighted by Gasteiger charge is -2.15. The molecule has 0 heterocycles. The SMILES string of the molecule is CC(N)C(C)C(=O)NCC(=O)Nc1cccc2ccccc12. The van der Waals surface area contributed by atoms with Crippen molar-refractivity contribution < 1.29 is 9.59 Å². The van der Waals surface area contributed by atoms with Crippen molar-refractivity contribution in [2.24, 2.45) is 11.7 Å². The fourth-order valence-corrected chi connectivity index (χ4v) is 2.10. The van der Waals surface area contributed by atoms with Crippen LogP contribution in [0.2, 0.25) is 0 Å². The van der Waals surface area contributed by atoms with Crippen LogP contribution in [0.3, 0.4) is 0 Å². The fraction of sp³-hybridized carbons (Fsp3) is 0.294. The molecule has 2 aromatic carbocycles. The van der Waals surface area contributed by atoms with Crippen molar-refractivity contribution in [3.05, 3.63) is 42.5 Å². The molecule has 4 N–H and O–H groups in total. The van der Waals surface area contributed by atoms with Gasteiger partial charge in [0.1, 0.15) is 0 Å². The first-order chi connectivity index (χ1) is 10.5. The predicted molar refractivity (Wildman–Crippen MR) is 88.4 cm³/mol. The van der Waals surface area contributed by atoms with Gasteiger partial charge in [0.2, 0.25) is 11.8 Å². The monoisotopic (exact) mass is 299 g/mol. The molecular formula is C17H21N3O2. The zero-order valence-corrected chi connectivity index (χ0v) is 12.8. The van der Waals surface area contributed by atoms with Crippen LogP contribution in [0.25, 0.3) is 10.8 Å². The summed E-state index contributed by atoms with van der Waals surface area (Å²) in [6, 6.07) is 13.3. The van der Waals surface area contributed by atoms with E-state index in [1.165, 1.54) is 0 Å². The molecule has 0 radical (unpaired) electrons. The number of amides is 2.